The number of fused-ring (bicyclic) bond motifs is 4. The van der Waals surface area contributed by atoms with Gasteiger partial charge in [-0.25, -0.2) is 4.79 Å². The van der Waals surface area contributed by atoms with Gasteiger partial charge in [0.2, 0.25) is 0 Å². The van der Waals surface area contributed by atoms with Crippen molar-refractivity contribution in [3.05, 3.63) is 40.0 Å². The Hall–Kier alpha value is -2.62. The van der Waals surface area contributed by atoms with Gasteiger partial charge in [-0.1, -0.05) is 24.8 Å². The Labute approximate surface area is 187 Å². The average molecular weight is 437 g/mol. The highest BCUT2D eigenvalue weighted by atomic mass is 16.7. The van der Waals surface area contributed by atoms with E-state index in [1.165, 1.54) is 0 Å². The van der Waals surface area contributed by atoms with Gasteiger partial charge in [-0.2, -0.15) is 0 Å². The lowest BCUT2D eigenvalue weighted by atomic mass is 9.56. The van der Waals surface area contributed by atoms with E-state index >= 15 is 0 Å². The summed E-state index contributed by atoms with van der Waals surface area (Å²) < 4.78 is 16.5. The molecule has 6 nitrogen and oxygen atoms in total. The van der Waals surface area contributed by atoms with Crippen molar-refractivity contribution in [2.75, 3.05) is 19.8 Å². The van der Waals surface area contributed by atoms with E-state index in [1.807, 2.05) is 6.07 Å². The van der Waals surface area contributed by atoms with Gasteiger partial charge in [-0.3, -0.25) is 4.79 Å². The Morgan fingerprint density at radius 3 is 2.97 bits per heavy atom. The third-order valence-electron chi connectivity index (χ3n) is 7.43. The molecule has 0 radical (unpaired) electrons. The SMILES string of the molecule is C[C@]12CCC3=C(COC3=O)[C@@H]1CC(=O)c1c2ccc(C#CCCOC2CCCCO2)c1O. The Balaban J connectivity index is 1.35. The number of phenolic OH excluding ortho intramolecular Hbond substituents is 1. The number of rotatable bonds is 3. The van der Waals surface area contributed by atoms with E-state index in [0.717, 1.165) is 49.0 Å². The highest BCUT2D eigenvalue weighted by molar-refractivity contribution is 6.03. The molecule has 1 saturated heterocycles. The van der Waals surface area contributed by atoms with E-state index in [4.69, 9.17) is 14.2 Å². The van der Waals surface area contributed by atoms with Gasteiger partial charge in [0.05, 0.1) is 17.7 Å². The molecule has 2 aliphatic carbocycles. The fourth-order valence-electron chi connectivity index (χ4n) is 5.62. The zero-order chi connectivity index (χ0) is 22.3. The van der Waals surface area contributed by atoms with Crippen molar-refractivity contribution >= 4 is 11.8 Å². The van der Waals surface area contributed by atoms with Gasteiger partial charge in [-0.05, 0) is 49.3 Å². The molecule has 168 valence electrons. The van der Waals surface area contributed by atoms with Crippen LogP contribution >= 0.6 is 0 Å². The zero-order valence-corrected chi connectivity index (χ0v) is 18.4. The van der Waals surface area contributed by atoms with Crippen LogP contribution in [0.15, 0.2) is 23.3 Å². The molecule has 32 heavy (non-hydrogen) atoms. The minimum absolute atomic E-state index is 0.0327. The molecule has 2 aliphatic heterocycles. The van der Waals surface area contributed by atoms with E-state index in [0.29, 0.717) is 30.6 Å². The summed E-state index contributed by atoms with van der Waals surface area (Å²) in [6.45, 7) is 3.63. The Morgan fingerprint density at radius 2 is 2.16 bits per heavy atom. The number of ether oxygens (including phenoxy) is 3. The second-order valence-corrected chi connectivity index (χ2v) is 9.28. The third-order valence-corrected chi connectivity index (χ3v) is 7.43. The van der Waals surface area contributed by atoms with Crippen LogP contribution < -0.4 is 0 Å². The predicted octanol–water partition coefficient (Wildman–Crippen LogP) is 3.78. The van der Waals surface area contributed by atoms with Crippen molar-refractivity contribution in [1.29, 1.82) is 0 Å². The van der Waals surface area contributed by atoms with E-state index < -0.39 is 0 Å². The largest absolute Gasteiger partial charge is 0.506 e. The van der Waals surface area contributed by atoms with Crippen LogP contribution in [0.25, 0.3) is 0 Å². The maximum atomic E-state index is 13.1. The van der Waals surface area contributed by atoms with Crippen LogP contribution in [-0.4, -0.2) is 43.0 Å². The molecule has 1 aromatic rings. The molecule has 0 aromatic heterocycles. The molecule has 5 rings (SSSR count). The first-order valence-electron chi connectivity index (χ1n) is 11.5. The summed E-state index contributed by atoms with van der Waals surface area (Å²) in [5.74, 6) is 5.60. The van der Waals surface area contributed by atoms with Gasteiger partial charge in [0.15, 0.2) is 12.1 Å². The molecule has 0 amide bonds. The number of carbonyl (C=O) groups is 2. The van der Waals surface area contributed by atoms with Crippen LogP contribution in [-0.2, 0) is 24.4 Å². The molecule has 1 aromatic carbocycles. The van der Waals surface area contributed by atoms with Crippen LogP contribution in [0.1, 0.15) is 73.4 Å². The van der Waals surface area contributed by atoms with Crippen LogP contribution in [0.2, 0.25) is 0 Å². The summed E-state index contributed by atoms with van der Waals surface area (Å²) in [7, 11) is 0. The number of ketones is 1. The molecule has 0 spiro atoms. The van der Waals surface area contributed by atoms with Gasteiger partial charge >= 0.3 is 5.97 Å². The molecular formula is C26H28O6. The fourth-order valence-corrected chi connectivity index (χ4v) is 5.62. The number of hydrogen-bond acceptors (Lipinski definition) is 6. The van der Waals surface area contributed by atoms with Gasteiger partial charge in [0, 0.05) is 36.4 Å². The normalized spacial score (nSPS) is 28.9. The highest BCUT2D eigenvalue weighted by Crippen LogP contribution is 2.54. The monoisotopic (exact) mass is 436 g/mol. The lowest BCUT2D eigenvalue weighted by Crippen LogP contribution is -2.43. The van der Waals surface area contributed by atoms with Crippen molar-refractivity contribution in [1.82, 2.24) is 0 Å². The molecule has 6 heteroatoms. The molecule has 4 aliphatic rings. The van der Waals surface area contributed by atoms with Crippen molar-refractivity contribution in [3.8, 4) is 17.6 Å². The first-order valence-corrected chi connectivity index (χ1v) is 11.5. The number of cyclic esters (lactones) is 1. The zero-order valence-electron chi connectivity index (χ0n) is 18.4. The topological polar surface area (TPSA) is 82.1 Å². The summed E-state index contributed by atoms with van der Waals surface area (Å²) in [5.41, 5.74) is 3.10. The number of Topliss-reactive ketones (excluding diaryl/α,β-unsaturated/α-hetero) is 1. The molecule has 0 bridgehead atoms. The lowest BCUT2D eigenvalue weighted by molar-refractivity contribution is -0.161. The van der Waals surface area contributed by atoms with Gasteiger partial charge < -0.3 is 19.3 Å². The Kier molecular flexibility index (Phi) is 5.56. The summed E-state index contributed by atoms with van der Waals surface area (Å²) in [6, 6.07) is 3.73. The summed E-state index contributed by atoms with van der Waals surface area (Å²) >= 11 is 0. The van der Waals surface area contributed by atoms with E-state index in [2.05, 4.69) is 18.8 Å². The number of benzene rings is 1. The Bertz CT molecular complexity index is 1050. The Morgan fingerprint density at radius 1 is 1.28 bits per heavy atom. The number of hydrogen-bond donors (Lipinski definition) is 1. The van der Waals surface area contributed by atoms with Crippen molar-refractivity contribution < 1.29 is 28.9 Å². The van der Waals surface area contributed by atoms with Gasteiger partial charge in [0.1, 0.15) is 12.4 Å². The molecule has 2 heterocycles. The van der Waals surface area contributed by atoms with Crippen LogP contribution in [0.5, 0.6) is 5.75 Å². The highest BCUT2D eigenvalue weighted by Gasteiger charge is 2.51. The first-order chi connectivity index (χ1) is 15.5. The van der Waals surface area contributed by atoms with Crippen LogP contribution in [0.4, 0.5) is 0 Å². The van der Waals surface area contributed by atoms with Crippen molar-refractivity contribution in [3.63, 3.8) is 0 Å². The standard InChI is InChI=1S/C26H28O6/c1-26-11-10-17-18(15-32-25(17)29)20(26)14-21(27)23-19(26)9-8-16(24(23)28)6-2-4-12-30-22-7-3-5-13-31-22/h8-9,20,22,28H,3-5,7,10-15H2,1H3/t20-,22?,26+/m0/s1. The molecule has 1 unspecified atom stereocenters. The maximum absolute atomic E-state index is 13.1. The van der Waals surface area contributed by atoms with Crippen LogP contribution in [0.3, 0.4) is 0 Å². The number of carbonyl (C=O) groups excluding carboxylic acids is 2. The van der Waals surface area contributed by atoms with Gasteiger partial charge in [0.25, 0.3) is 0 Å². The van der Waals surface area contributed by atoms with Crippen LogP contribution in [0, 0.1) is 17.8 Å². The second kappa shape index (κ2) is 8.38. The van der Waals surface area contributed by atoms with Crippen molar-refractivity contribution in [2.24, 2.45) is 5.92 Å². The summed E-state index contributed by atoms with van der Waals surface area (Å²) in [5, 5.41) is 10.9. The van der Waals surface area contributed by atoms with E-state index in [9.17, 15) is 14.7 Å². The lowest BCUT2D eigenvalue weighted by Gasteiger charge is -2.45. The maximum Gasteiger partial charge on any atom is 0.334 e. The smallest absolute Gasteiger partial charge is 0.334 e. The fraction of sp³-hybridized carbons (Fsp3) is 0.538. The average Bonchev–Trinajstić information content (AvgIpc) is 3.17. The molecular weight excluding hydrogens is 408 g/mol. The quantitative estimate of drug-likeness (QED) is 0.441. The minimum Gasteiger partial charge on any atom is -0.506 e. The van der Waals surface area contributed by atoms with Gasteiger partial charge in [-0.15, -0.1) is 0 Å². The number of phenols is 1. The molecule has 1 fully saturated rings. The van der Waals surface area contributed by atoms with E-state index in [1.54, 1.807) is 6.07 Å². The predicted molar refractivity (Wildman–Crippen MR) is 116 cm³/mol. The van der Waals surface area contributed by atoms with Crippen molar-refractivity contribution in [2.45, 2.75) is 63.6 Å². The summed E-state index contributed by atoms with van der Waals surface area (Å²) in [4.78, 5) is 25.1. The molecule has 3 atom stereocenters. The first kappa shape index (κ1) is 21.2. The third kappa shape index (κ3) is 3.54. The number of esters is 1. The number of aromatic hydroxyl groups is 1. The summed E-state index contributed by atoms with van der Waals surface area (Å²) in [6.07, 6.45) is 5.17. The molecule has 1 N–H and O–H groups in total. The molecule has 0 saturated carbocycles. The minimum atomic E-state index is -0.312. The second-order valence-electron chi connectivity index (χ2n) is 9.28. The van der Waals surface area contributed by atoms with E-state index in [-0.39, 0.29) is 48.2 Å².